The summed E-state index contributed by atoms with van der Waals surface area (Å²) in [6.45, 7) is 6.35. The van der Waals surface area contributed by atoms with Crippen LogP contribution < -0.4 is 0 Å². The highest BCUT2D eigenvalue weighted by Crippen LogP contribution is 2.14. The lowest BCUT2D eigenvalue weighted by molar-refractivity contribution is -0.167. The van der Waals surface area contributed by atoms with Crippen LogP contribution in [0.15, 0.2) is 170 Å². The van der Waals surface area contributed by atoms with Gasteiger partial charge in [-0.2, -0.15) is 0 Å². The number of carbonyl (C=O) groups excluding carboxylic acids is 3. The van der Waals surface area contributed by atoms with Crippen molar-refractivity contribution in [2.45, 2.75) is 284 Å². The first-order valence-electron chi connectivity index (χ1n) is 33.6. The summed E-state index contributed by atoms with van der Waals surface area (Å²) < 4.78 is 16.9. The molecule has 1 unspecified atom stereocenters. The van der Waals surface area contributed by atoms with Crippen LogP contribution in [-0.2, 0) is 28.6 Å². The van der Waals surface area contributed by atoms with Gasteiger partial charge in [0.1, 0.15) is 13.2 Å². The van der Waals surface area contributed by atoms with Gasteiger partial charge in [-0.25, -0.2) is 0 Å². The second kappa shape index (κ2) is 69.3. The molecule has 0 rings (SSSR count). The highest BCUT2D eigenvalue weighted by molar-refractivity contribution is 5.71. The summed E-state index contributed by atoms with van der Waals surface area (Å²) in [7, 11) is 0. The molecule has 6 nitrogen and oxygen atoms in total. The van der Waals surface area contributed by atoms with E-state index in [1.165, 1.54) is 57.8 Å². The fourth-order valence-corrected chi connectivity index (χ4v) is 8.71. The largest absolute Gasteiger partial charge is 0.462 e. The third-order valence-electron chi connectivity index (χ3n) is 13.7. The van der Waals surface area contributed by atoms with Crippen LogP contribution in [0.3, 0.4) is 0 Å². The average molecular weight is 1140 g/mol. The summed E-state index contributed by atoms with van der Waals surface area (Å²) in [5.74, 6) is -0.954. The summed E-state index contributed by atoms with van der Waals surface area (Å²) in [4.78, 5) is 38.4. The smallest absolute Gasteiger partial charge is 0.306 e. The average Bonchev–Trinajstić information content (AvgIpc) is 3.49. The van der Waals surface area contributed by atoms with E-state index >= 15 is 0 Å². The molecule has 83 heavy (non-hydrogen) atoms. The first-order valence-corrected chi connectivity index (χ1v) is 33.6. The minimum Gasteiger partial charge on any atom is -0.462 e. The predicted octanol–water partition coefficient (Wildman–Crippen LogP) is 23.4. The quantitative estimate of drug-likeness (QED) is 0.0261. The minimum absolute atomic E-state index is 0.105. The van der Waals surface area contributed by atoms with Gasteiger partial charge in [-0.05, 0) is 154 Å². The lowest BCUT2D eigenvalue weighted by Gasteiger charge is -2.18. The van der Waals surface area contributed by atoms with Crippen molar-refractivity contribution in [3.63, 3.8) is 0 Å². The lowest BCUT2D eigenvalue weighted by Crippen LogP contribution is -2.30. The van der Waals surface area contributed by atoms with Gasteiger partial charge in [0.15, 0.2) is 6.10 Å². The second-order valence-electron chi connectivity index (χ2n) is 21.6. The Bertz CT molecular complexity index is 1890. The van der Waals surface area contributed by atoms with Gasteiger partial charge in [0.2, 0.25) is 0 Å². The summed E-state index contributed by atoms with van der Waals surface area (Å²) in [6, 6.07) is 0. The van der Waals surface area contributed by atoms with Gasteiger partial charge in [-0.1, -0.05) is 274 Å². The number of allylic oxidation sites excluding steroid dienone is 28. The molecule has 0 fully saturated rings. The highest BCUT2D eigenvalue weighted by Gasteiger charge is 2.19. The topological polar surface area (TPSA) is 78.9 Å². The zero-order valence-corrected chi connectivity index (χ0v) is 53.4. The molecule has 0 bridgehead atoms. The SMILES string of the molecule is CC/C=C\C/C=C\C/C=C\C/C=C\C/C=C\C/C=C\CCCCCCCCCCC(=O)OCC(COC(=O)CCCCCCC/C=C\C/C=C\CCCCC)OC(=O)CCCCCC/C=C\C/C=C\C/C=C\C/C=C\C/C=C\C/C=C\CC. The van der Waals surface area contributed by atoms with Crippen LogP contribution in [0, 0.1) is 0 Å². The van der Waals surface area contributed by atoms with E-state index in [4.69, 9.17) is 14.2 Å². The molecule has 0 aliphatic heterocycles. The van der Waals surface area contributed by atoms with E-state index in [-0.39, 0.29) is 37.5 Å². The molecule has 0 aromatic rings. The molecule has 0 saturated heterocycles. The van der Waals surface area contributed by atoms with E-state index < -0.39 is 6.10 Å². The molecule has 6 heteroatoms. The standard InChI is InChI=1S/C77H122O6/c1-4-7-10-13-16-19-22-25-28-30-32-34-36-37-38-39-41-42-44-46-49-52-55-58-61-64-67-70-76(79)82-73-74(72-81-75(78)69-66-63-60-57-54-51-48-27-24-21-18-15-12-9-6-3)83-77(80)71-68-65-62-59-56-53-50-47-45-43-40-35-33-31-29-26-23-20-17-14-11-8-5-2/h7-8,10-11,16-21,25-29,32-35,37-38,41-43,45,48,50,53,74H,4-6,9,12-15,22-24,30-31,36,39-40,44,46-47,49,51-52,54-73H2,1-3H3/b10-7-,11-8-,19-16-,20-17-,21-18-,28-25-,29-26-,34-32-,35-33-,38-37-,42-41-,45-43-,48-27-,53-50-. The molecule has 0 saturated carbocycles. The van der Waals surface area contributed by atoms with E-state index in [0.29, 0.717) is 12.8 Å². The van der Waals surface area contributed by atoms with Crippen LogP contribution in [0.4, 0.5) is 0 Å². The molecule has 0 aliphatic carbocycles. The number of hydrogen-bond acceptors (Lipinski definition) is 6. The fraction of sp³-hybridized carbons (Fsp3) is 0.597. The van der Waals surface area contributed by atoms with Crippen molar-refractivity contribution in [3.05, 3.63) is 170 Å². The Balaban J connectivity index is 4.47. The summed E-state index contributed by atoms with van der Waals surface area (Å²) in [5, 5.41) is 0. The lowest BCUT2D eigenvalue weighted by atomic mass is 10.1. The van der Waals surface area contributed by atoms with Crippen molar-refractivity contribution in [3.8, 4) is 0 Å². The first-order chi connectivity index (χ1) is 41.0. The third-order valence-corrected chi connectivity index (χ3v) is 13.7. The number of ether oxygens (including phenoxy) is 3. The van der Waals surface area contributed by atoms with Crippen LogP contribution in [0.1, 0.15) is 278 Å². The number of rotatable bonds is 59. The Morgan fingerprint density at radius 1 is 0.253 bits per heavy atom. The molecule has 0 radical (unpaired) electrons. The maximum absolute atomic E-state index is 12.9. The first kappa shape index (κ1) is 77.8. The molecular formula is C77H122O6. The van der Waals surface area contributed by atoms with E-state index in [0.717, 1.165) is 180 Å². The number of carbonyl (C=O) groups is 3. The predicted molar refractivity (Wildman–Crippen MR) is 361 cm³/mol. The van der Waals surface area contributed by atoms with Crippen molar-refractivity contribution >= 4 is 17.9 Å². The zero-order chi connectivity index (χ0) is 59.9. The van der Waals surface area contributed by atoms with E-state index in [1.54, 1.807) is 0 Å². The van der Waals surface area contributed by atoms with Crippen LogP contribution in [-0.4, -0.2) is 37.2 Å². The van der Waals surface area contributed by atoms with Crippen LogP contribution in [0.2, 0.25) is 0 Å². The molecule has 0 heterocycles. The van der Waals surface area contributed by atoms with Crippen molar-refractivity contribution in [1.29, 1.82) is 0 Å². The zero-order valence-electron chi connectivity index (χ0n) is 53.4. The molecule has 1 atom stereocenters. The van der Waals surface area contributed by atoms with Crippen molar-refractivity contribution in [2.75, 3.05) is 13.2 Å². The summed E-state index contributed by atoms with van der Waals surface area (Å²) in [6.07, 6.45) is 102. The fourth-order valence-electron chi connectivity index (χ4n) is 8.71. The van der Waals surface area contributed by atoms with E-state index in [9.17, 15) is 14.4 Å². The van der Waals surface area contributed by atoms with Gasteiger partial charge in [-0.15, -0.1) is 0 Å². The Kier molecular flexibility index (Phi) is 64.9. The number of unbranched alkanes of at least 4 members (excludes halogenated alkanes) is 20. The molecular weight excluding hydrogens is 1020 g/mol. The van der Waals surface area contributed by atoms with Gasteiger partial charge in [0.05, 0.1) is 0 Å². The summed E-state index contributed by atoms with van der Waals surface area (Å²) in [5.41, 5.74) is 0. The Labute approximate surface area is 511 Å². The van der Waals surface area contributed by atoms with Crippen LogP contribution in [0.5, 0.6) is 0 Å². The third kappa shape index (κ3) is 67.4. The minimum atomic E-state index is -0.813. The second-order valence-corrected chi connectivity index (χ2v) is 21.6. The van der Waals surface area contributed by atoms with Gasteiger partial charge in [-0.3, -0.25) is 14.4 Å². The molecule has 0 aromatic carbocycles. The molecule has 466 valence electrons. The van der Waals surface area contributed by atoms with Crippen LogP contribution >= 0.6 is 0 Å². The van der Waals surface area contributed by atoms with Gasteiger partial charge >= 0.3 is 17.9 Å². The number of hydrogen-bond donors (Lipinski definition) is 0. The van der Waals surface area contributed by atoms with E-state index in [1.807, 2.05) is 0 Å². The van der Waals surface area contributed by atoms with Gasteiger partial charge in [0.25, 0.3) is 0 Å². The maximum atomic E-state index is 12.9. The maximum Gasteiger partial charge on any atom is 0.306 e. The van der Waals surface area contributed by atoms with Crippen LogP contribution in [0.25, 0.3) is 0 Å². The highest BCUT2D eigenvalue weighted by atomic mass is 16.6. The molecule has 0 aliphatic rings. The van der Waals surface area contributed by atoms with Crippen molar-refractivity contribution in [1.82, 2.24) is 0 Å². The Morgan fingerprint density at radius 3 is 0.735 bits per heavy atom. The molecule has 0 N–H and O–H groups in total. The van der Waals surface area contributed by atoms with Crippen molar-refractivity contribution < 1.29 is 28.6 Å². The van der Waals surface area contributed by atoms with Gasteiger partial charge < -0.3 is 14.2 Å². The Morgan fingerprint density at radius 2 is 0.470 bits per heavy atom. The van der Waals surface area contributed by atoms with Crippen molar-refractivity contribution in [2.24, 2.45) is 0 Å². The normalized spacial score (nSPS) is 13.2. The van der Waals surface area contributed by atoms with Gasteiger partial charge in [0, 0.05) is 19.3 Å². The summed E-state index contributed by atoms with van der Waals surface area (Å²) >= 11 is 0. The Hall–Kier alpha value is -5.23. The molecule has 0 amide bonds. The number of esters is 3. The molecule has 0 aromatic heterocycles. The van der Waals surface area contributed by atoms with E-state index in [2.05, 4.69) is 191 Å². The monoisotopic (exact) mass is 1140 g/mol. The molecule has 0 spiro atoms.